The van der Waals surface area contributed by atoms with Crippen LogP contribution in [-0.4, -0.2) is 24.9 Å². The average molecular weight is 249 g/mol. The number of hydrogen-bond donors (Lipinski definition) is 3. The third-order valence-corrected chi connectivity index (χ3v) is 2.44. The van der Waals surface area contributed by atoms with E-state index in [0.29, 0.717) is 31.6 Å². The lowest BCUT2D eigenvalue weighted by molar-refractivity contribution is -0.120. The van der Waals surface area contributed by atoms with E-state index in [1.54, 1.807) is 18.2 Å². The summed E-state index contributed by atoms with van der Waals surface area (Å²) in [5.74, 6) is -0.393. The van der Waals surface area contributed by atoms with Gasteiger partial charge in [0.15, 0.2) is 0 Å². The van der Waals surface area contributed by atoms with Gasteiger partial charge in [-0.25, -0.2) is 0 Å². The van der Waals surface area contributed by atoms with Crippen LogP contribution in [-0.2, 0) is 11.3 Å². The summed E-state index contributed by atoms with van der Waals surface area (Å²) in [6.07, 6.45) is 0.448. The number of primary amides is 1. The van der Waals surface area contributed by atoms with Crippen LogP contribution in [0.2, 0.25) is 0 Å². The summed E-state index contributed by atoms with van der Waals surface area (Å²) >= 11 is 0. The fourth-order valence-corrected chi connectivity index (χ4v) is 1.55. The second-order valence-corrected chi connectivity index (χ2v) is 3.94. The summed E-state index contributed by atoms with van der Waals surface area (Å²) in [5, 5.41) is 5.87. The number of nitrogens with two attached hydrogens (primary N) is 1. The minimum Gasteiger partial charge on any atom is -0.366 e. The van der Waals surface area contributed by atoms with Crippen LogP contribution in [0.1, 0.15) is 29.3 Å². The van der Waals surface area contributed by atoms with E-state index in [4.69, 9.17) is 5.73 Å². The van der Waals surface area contributed by atoms with Crippen molar-refractivity contribution in [3.05, 3.63) is 35.4 Å². The fourth-order valence-electron chi connectivity index (χ4n) is 1.55. The van der Waals surface area contributed by atoms with E-state index in [-0.39, 0.29) is 5.91 Å². The van der Waals surface area contributed by atoms with Crippen molar-refractivity contribution in [1.29, 1.82) is 0 Å². The highest BCUT2D eigenvalue weighted by Crippen LogP contribution is 2.04. The number of carbonyl (C=O) groups is 2. The van der Waals surface area contributed by atoms with E-state index in [1.165, 1.54) is 0 Å². The maximum atomic E-state index is 11.2. The largest absolute Gasteiger partial charge is 0.366 e. The van der Waals surface area contributed by atoms with Gasteiger partial charge in [-0.15, -0.1) is 0 Å². The first-order chi connectivity index (χ1) is 8.63. The SMILES string of the molecule is CCNC(=O)CCNCc1cccc(C(N)=O)c1. The predicted octanol–water partition coefficient (Wildman–Crippen LogP) is 0.401. The van der Waals surface area contributed by atoms with Crippen molar-refractivity contribution >= 4 is 11.8 Å². The van der Waals surface area contributed by atoms with Gasteiger partial charge in [0.25, 0.3) is 0 Å². The molecule has 1 rings (SSSR count). The summed E-state index contributed by atoms with van der Waals surface area (Å²) in [6.45, 7) is 3.76. The molecule has 1 aromatic carbocycles. The van der Waals surface area contributed by atoms with E-state index in [0.717, 1.165) is 5.56 Å². The molecule has 0 saturated carbocycles. The van der Waals surface area contributed by atoms with Crippen molar-refractivity contribution in [2.45, 2.75) is 19.9 Å². The van der Waals surface area contributed by atoms with Crippen molar-refractivity contribution in [3.63, 3.8) is 0 Å². The smallest absolute Gasteiger partial charge is 0.248 e. The molecule has 0 saturated heterocycles. The van der Waals surface area contributed by atoms with E-state index >= 15 is 0 Å². The second kappa shape index (κ2) is 7.45. The molecule has 5 heteroatoms. The predicted molar refractivity (Wildman–Crippen MR) is 70.0 cm³/mol. The highest BCUT2D eigenvalue weighted by Gasteiger charge is 2.02. The highest BCUT2D eigenvalue weighted by molar-refractivity contribution is 5.92. The first-order valence-corrected chi connectivity index (χ1v) is 5.99. The molecule has 0 heterocycles. The van der Waals surface area contributed by atoms with Crippen LogP contribution in [0, 0.1) is 0 Å². The van der Waals surface area contributed by atoms with Gasteiger partial charge in [0.05, 0.1) is 0 Å². The summed E-state index contributed by atoms with van der Waals surface area (Å²) in [7, 11) is 0. The van der Waals surface area contributed by atoms with E-state index in [1.807, 2.05) is 13.0 Å². The molecule has 4 N–H and O–H groups in total. The van der Waals surface area contributed by atoms with E-state index in [2.05, 4.69) is 10.6 Å². The Morgan fingerprint density at radius 2 is 2.11 bits per heavy atom. The van der Waals surface area contributed by atoms with E-state index < -0.39 is 5.91 Å². The maximum absolute atomic E-state index is 11.2. The van der Waals surface area contributed by atoms with Gasteiger partial charge in [0, 0.05) is 31.6 Å². The highest BCUT2D eigenvalue weighted by atomic mass is 16.1. The van der Waals surface area contributed by atoms with E-state index in [9.17, 15) is 9.59 Å². The van der Waals surface area contributed by atoms with Gasteiger partial charge in [-0.3, -0.25) is 9.59 Å². The van der Waals surface area contributed by atoms with Crippen molar-refractivity contribution in [2.75, 3.05) is 13.1 Å². The van der Waals surface area contributed by atoms with Gasteiger partial charge in [0.2, 0.25) is 11.8 Å². The Morgan fingerprint density at radius 3 is 2.78 bits per heavy atom. The van der Waals surface area contributed by atoms with Crippen LogP contribution in [0.15, 0.2) is 24.3 Å². The summed E-state index contributed by atoms with van der Waals surface area (Å²) in [4.78, 5) is 22.2. The number of nitrogens with one attached hydrogen (secondary N) is 2. The lowest BCUT2D eigenvalue weighted by Crippen LogP contribution is -2.27. The molecule has 0 fully saturated rings. The molecular weight excluding hydrogens is 230 g/mol. The van der Waals surface area contributed by atoms with Crippen LogP contribution in [0.5, 0.6) is 0 Å². The maximum Gasteiger partial charge on any atom is 0.248 e. The Hall–Kier alpha value is -1.88. The Bertz CT molecular complexity index is 418. The molecule has 0 aliphatic heterocycles. The molecule has 0 aliphatic carbocycles. The van der Waals surface area contributed by atoms with Crippen LogP contribution in [0.3, 0.4) is 0 Å². The van der Waals surface area contributed by atoms with Gasteiger partial charge in [-0.2, -0.15) is 0 Å². The molecule has 18 heavy (non-hydrogen) atoms. The summed E-state index contributed by atoms with van der Waals surface area (Å²) in [5.41, 5.74) is 6.67. The van der Waals surface area contributed by atoms with Crippen LogP contribution < -0.4 is 16.4 Å². The quantitative estimate of drug-likeness (QED) is 0.612. The number of hydrogen-bond acceptors (Lipinski definition) is 3. The normalized spacial score (nSPS) is 10.1. The topological polar surface area (TPSA) is 84.2 Å². The molecule has 0 bridgehead atoms. The lowest BCUT2D eigenvalue weighted by Gasteiger charge is -2.06. The number of carbonyl (C=O) groups excluding carboxylic acids is 2. The molecule has 0 radical (unpaired) electrons. The summed E-state index contributed by atoms with van der Waals surface area (Å²) < 4.78 is 0. The van der Waals surface area contributed by atoms with Crippen molar-refractivity contribution in [2.24, 2.45) is 5.73 Å². The fraction of sp³-hybridized carbons (Fsp3) is 0.385. The Kier molecular flexibility index (Phi) is 5.87. The Morgan fingerprint density at radius 1 is 1.33 bits per heavy atom. The van der Waals surface area contributed by atoms with Gasteiger partial charge in [-0.05, 0) is 24.6 Å². The molecule has 0 unspecified atom stereocenters. The van der Waals surface area contributed by atoms with Crippen molar-refractivity contribution in [1.82, 2.24) is 10.6 Å². The molecule has 0 aromatic heterocycles. The van der Waals surface area contributed by atoms with Gasteiger partial charge >= 0.3 is 0 Å². The third kappa shape index (κ3) is 4.97. The lowest BCUT2D eigenvalue weighted by atomic mass is 10.1. The van der Waals surface area contributed by atoms with Crippen LogP contribution in [0.4, 0.5) is 0 Å². The molecule has 1 aromatic rings. The monoisotopic (exact) mass is 249 g/mol. The molecule has 2 amide bonds. The number of rotatable bonds is 7. The average Bonchev–Trinajstić information content (AvgIpc) is 2.35. The Balaban J connectivity index is 2.33. The second-order valence-electron chi connectivity index (χ2n) is 3.94. The third-order valence-electron chi connectivity index (χ3n) is 2.44. The zero-order chi connectivity index (χ0) is 13.4. The molecule has 0 aliphatic rings. The van der Waals surface area contributed by atoms with Gasteiger partial charge in [-0.1, -0.05) is 12.1 Å². The molecule has 0 atom stereocenters. The van der Waals surface area contributed by atoms with Crippen LogP contribution in [0.25, 0.3) is 0 Å². The molecular formula is C13H19N3O2. The minimum atomic E-state index is -0.431. The van der Waals surface area contributed by atoms with Crippen molar-refractivity contribution < 1.29 is 9.59 Å². The molecule has 5 nitrogen and oxygen atoms in total. The minimum absolute atomic E-state index is 0.0379. The first kappa shape index (κ1) is 14.2. The summed E-state index contributed by atoms with van der Waals surface area (Å²) in [6, 6.07) is 7.13. The number of benzene rings is 1. The van der Waals surface area contributed by atoms with Crippen LogP contribution >= 0.6 is 0 Å². The van der Waals surface area contributed by atoms with Gasteiger partial charge in [0.1, 0.15) is 0 Å². The zero-order valence-corrected chi connectivity index (χ0v) is 10.5. The van der Waals surface area contributed by atoms with Crippen molar-refractivity contribution in [3.8, 4) is 0 Å². The molecule has 98 valence electrons. The Labute approximate surface area is 107 Å². The standard InChI is InChI=1S/C13H19N3O2/c1-2-16-12(17)6-7-15-9-10-4-3-5-11(8-10)13(14)18/h3-5,8,15H,2,6-7,9H2,1H3,(H2,14,18)(H,16,17). The first-order valence-electron chi connectivity index (χ1n) is 5.99. The zero-order valence-electron chi connectivity index (χ0n) is 10.5. The number of amides is 2. The molecule has 0 spiro atoms. The van der Waals surface area contributed by atoms with Gasteiger partial charge < -0.3 is 16.4 Å².